The summed E-state index contributed by atoms with van der Waals surface area (Å²) >= 11 is 0. The molecule has 0 aliphatic rings. The molecule has 0 aliphatic heterocycles. The van der Waals surface area contributed by atoms with Crippen molar-refractivity contribution in [3.05, 3.63) is 100 Å². The van der Waals surface area contributed by atoms with Gasteiger partial charge < -0.3 is 0 Å². The van der Waals surface area contributed by atoms with Crippen LogP contribution in [0.1, 0.15) is 17.0 Å². The highest BCUT2D eigenvalue weighted by Crippen LogP contribution is 2.20. The van der Waals surface area contributed by atoms with Crippen LogP contribution in [-0.2, 0) is 6.54 Å². The van der Waals surface area contributed by atoms with E-state index in [1.54, 1.807) is 21.6 Å². The maximum Gasteiger partial charge on any atom is 0.266 e. The first-order valence-corrected chi connectivity index (χ1v) is 9.99. The second kappa shape index (κ2) is 7.60. The molecule has 0 N–H and O–H groups in total. The Balaban J connectivity index is 1.68. The van der Waals surface area contributed by atoms with Gasteiger partial charge in [0.05, 0.1) is 22.8 Å². The highest BCUT2D eigenvalue weighted by Gasteiger charge is 2.16. The summed E-state index contributed by atoms with van der Waals surface area (Å²) in [6.07, 6.45) is 5.30. The molecule has 3 aromatic heterocycles. The lowest BCUT2D eigenvalue weighted by Crippen LogP contribution is -2.26. The SMILES string of the molecule is Cc1ccccc1-n1c(Cn2cc(-c3cccnc3)nn2)nc2cccc(C)c2c1=O. The summed E-state index contributed by atoms with van der Waals surface area (Å²) in [5.41, 5.74) is 4.91. The first-order valence-electron chi connectivity index (χ1n) is 9.99. The van der Waals surface area contributed by atoms with Crippen molar-refractivity contribution in [1.29, 1.82) is 0 Å². The van der Waals surface area contributed by atoms with Crippen LogP contribution in [0.15, 0.2) is 78.0 Å². The molecule has 0 spiro atoms. The highest BCUT2D eigenvalue weighted by molar-refractivity contribution is 5.81. The van der Waals surface area contributed by atoms with Gasteiger partial charge in [0, 0.05) is 18.0 Å². The van der Waals surface area contributed by atoms with Crippen molar-refractivity contribution in [3.8, 4) is 16.9 Å². The summed E-state index contributed by atoms with van der Waals surface area (Å²) in [7, 11) is 0. The van der Waals surface area contributed by atoms with Gasteiger partial charge >= 0.3 is 0 Å². The number of nitrogens with zero attached hydrogens (tertiary/aromatic N) is 6. The lowest BCUT2D eigenvalue weighted by molar-refractivity contribution is 0.610. The molecule has 5 aromatic rings. The fraction of sp³-hybridized carbons (Fsp3) is 0.125. The Morgan fingerprint density at radius 2 is 1.77 bits per heavy atom. The normalized spacial score (nSPS) is 11.2. The van der Waals surface area contributed by atoms with E-state index in [1.807, 2.05) is 74.6 Å². The fourth-order valence-corrected chi connectivity index (χ4v) is 3.78. The van der Waals surface area contributed by atoms with Crippen molar-refractivity contribution in [3.63, 3.8) is 0 Å². The number of hydrogen-bond acceptors (Lipinski definition) is 5. The molecule has 0 saturated heterocycles. The molecule has 7 nitrogen and oxygen atoms in total. The third-order valence-electron chi connectivity index (χ3n) is 5.33. The molecule has 0 radical (unpaired) electrons. The van der Waals surface area contributed by atoms with Crippen molar-refractivity contribution in [2.24, 2.45) is 0 Å². The highest BCUT2D eigenvalue weighted by atomic mass is 16.1. The van der Waals surface area contributed by atoms with Crippen molar-refractivity contribution >= 4 is 10.9 Å². The van der Waals surface area contributed by atoms with E-state index in [2.05, 4.69) is 15.3 Å². The molecule has 2 aromatic carbocycles. The maximum absolute atomic E-state index is 13.6. The summed E-state index contributed by atoms with van der Waals surface area (Å²) in [6.45, 7) is 4.23. The molecule has 5 rings (SSSR count). The summed E-state index contributed by atoms with van der Waals surface area (Å²) in [5, 5.41) is 9.14. The van der Waals surface area contributed by atoms with E-state index in [0.29, 0.717) is 23.3 Å². The fourth-order valence-electron chi connectivity index (χ4n) is 3.78. The number of rotatable bonds is 4. The zero-order chi connectivity index (χ0) is 21.4. The van der Waals surface area contributed by atoms with Crippen LogP contribution >= 0.6 is 0 Å². The van der Waals surface area contributed by atoms with Crippen molar-refractivity contribution < 1.29 is 0 Å². The van der Waals surface area contributed by atoms with Crippen LogP contribution in [0.4, 0.5) is 0 Å². The average Bonchev–Trinajstić information content (AvgIpc) is 3.24. The third kappa shape index (κ3) is 3.40. The Morgan fingerprint density at radius 1 is 0.935 bits per heavy atom. The average molecular weight is 408 g/mol. The van der Waals surface area contributed by atoms with Crippen LogP contribution in [0.3, 0.4) is 0 Å². The maximum atomic E-state index is 13.6. The number of benzene rings is 2. The molecule has 0 bridgehead atoms. The van der Waals surface area contributed by atoms with E-state index in [0.717, 1.165) is 28.1 Å². The smallest absolute Gasteiger partial charge is 0.266 e. The van der Waals surface area contributed by atoms with Crippen LogP contribution < -0.4 is 5.56 Å². The lowest BCUT2D eigenvalue weighted by Gasteiger charge is -2.16. The molecule has 31 heavy (non-hydrogen) atoms. The van der Waals surface area contributed by atoms with Gasteiger partial charge in [-0.2, -0.15) is 0 Å². The van der Waals surface area contributed by atoms with Crippen LogP contribution in [0.2, 0.25) is 0 Å². The van der Waals surface area contributed by atoms with Crippen LogP contribution in [0, 0.1) is 13.8 Å². The molecule has 7 heteroatoms. The Bertz CT molecular complexity index is 1450. The standard InChI is InChI=1S/C24H20N6O/c1-16-7-3-4-11-21(16)30-22(26-19-10-5-8-17(2)23(19)24(30)31)15-29-14-20(27-28-29)18-9-6-12-25-13-18/h3-14H,15H2,1-2H3. The van der Waals surface area contributed by atoms with E-state index in [-0.39, 0.29) is 5.56 Å². The van der Waals surface area contributed by atoms with Gasteiger partial charge in [-0.05, 0) is 49.2 Å². The first kappa shape index (κ1) is 18.9. The van der Waals surface area contributed by atoms with Gasteiger partial charge in [0.15, 0.2) is 0 Å². The number of aryl methyl sites for hydroxylation is 2. The second-order valence-electron chi connectivity index (χ2n) is 7.47. The van der Waals surface area contributed by atoms with Crippen molar-refractivity contribution in [1.82, 2.24) is 29.5 Å². The lowest BCUT2D eigenvalue weighted by atomic mass is 10.1. The van der Waals surface area contributed by atoms with E-state index >= 15 is 0 Å². The summed E-state index contributed by atoms with van der Waals surface area (Å²) < 4.78 is 3.39. The Morgan fingerprint density at radius 3 is 2.58 bits per heavy atom. The Labute approximate surface area is 178 Å². The number of para-hydroxylation sites is 1. The minimum atomic E-state index is -0.0833. The summed E-state index contributed by atoms with van der Waals surface area (Å²) in [5.74, 6) is 0.597. The van der Waals surface area contributed by atoms with E-state index in [1.165, 1.54) is 0 Å². The Kier molecular flexibility index (Phi) is 4.63. The minimum Gasteiger partial charge on any atom is -0.268 e. The molecule has 0 aliphatic carbocycles. The van der Waals surface area contributed by atoms with E-state index in [9.17, 15) is 4.79 Å². The van der Waals surface area contributed by atoms with Crippen molar-refractivity contribution in [2.45, 2.75) is 20.4 Å². The van der Waals surface area contributed by atoms with Crippen LogP contribution in [-0.4, -0.2) is 29.5 Å². The molecule has 0 saturated carbocycles. The largest absolute Gasteiger partial charge is 0.268 e. The molecule has 152 valence electrons. The van der Waals surface area contributed by atoms with Gasteiger partial charge in [-0.15, -0.1) is 5.10 Å². The van der Waals surface area contributed by atoms with E-state index < -0.39 is 0 Å². The van der Waals surface area contributed by atoms with E-state index in [4.69, 9.17) is 4.98 Å². The van der Waals surface area contributed by atoms with Gasteiger partial charge in [0.1, 0.15) is 18.1 Å². The third-order valence-corrected chi connectivity index (χ3v) is 5.33. The van der Waals surface area contributed by atoms with Gasteiger partial charge in [-0.1, -0.05) is 35.5 Å². The predicted molar refractivity (Wildman–Crippen MR) is 119 cm³/mol. The number of pyridine rings is 1. The van der Waals surface area contributed by atoms with Crippen LogP contribution in [0.5, 0.6) is 0 Å². The molecular formula is C24H20N6O. The number of fused-ring (bicyclic) bond motifs is 1. The zero-order valence-corrected chi connectivity index (χ0v) is 17.2. The quantitative estimate of drug-likeness (QED) is 0.453. The summed E-state index contributed by atoms with van der Waals surface area (Å²) in [6, 6.07) is 17.3. The van der Waals surface area contributed by atoms with Gasteiger partial charge in [-0.25, -0.2) is 9.67 Å². The van der Waals surface area contributed by atoms with Gasteiger partial charge in [-0.3, -0.25) is 14.3 Å². The first-order chi connectivity index (χ1) is 15.1. The minimum absolute atomic E-state index is 0.0833. The number of aromatic nitrogens is 6. The molecule has 0 amide bonds. The molecule has 0 fully saturated rings. The topological polar surface area (TPSA) is 78.5 Å². The summed E-state index contributed by atoms with van der Waals surface area (Å²) in [4.78, 5) is 22.6. The molecular weight excluding hydrogens is 388 g/mol. The number of hydrogen-bond donors (Lipinski definition) is 0. The van der Waals surface area contributed by atoms with Crippen LogP contribution in [0.25, 0.3) is 27.8 Å². The van der Waals surface area contributed by atoms with Gasteiger partial charge in [0.2, 0.25) is 0 Å². The Hall–Kier alpha value is -4.13. The zero-order valence-electron chi connectivity index (χ0n) is 17.2. The monoisotopic (exact) mass is 408 g/mol. The predicted octanol–water partition coefficient (Wildman–Crippen LogP) is 3.70. The molecule has 0 atom stereocenters. The second-order valence-corrected chi connectivity index (χ2v) is 7.47. The molecule has 3 heterocycles. The van der Waals surface area contributed by atoms with Crippen molar-refractivity contribution in [2.75, 3.05) is 0 Å². The molecule has 0 unspecified atom stereocenters. The van der Waals surface area contributed by atoms with Gasteiger partial charge in [0.25, 0.3) is 5.56 Å².